The third-order valence-electron chi connectivity index (χ3n) is 5.00. The quantitative estimate of drug-likeness (QED) is 0.666. The van der Waals surface area contributed by atoms with Crippen molar-refractivity contribution in [1.82, 2.24) is 15.5 Å². The Kier molecular flexibility index (Phi) is 6.14. The van der Waals surface area contributed by atoms with E-state index in [4.69, 9.17) is 0 Å². The highest BCUT2D eigenvalue weighted by Crippen LogP contribution is 2.34. The van der Waals surface area contributed by atoms with Gasteiger partial charge in [-0.2, -0.15) is 0 Å². The zero-order valence-electron chi connectivity index (χ0n) is 16.1. The first-order valence-corrected chi connectivity index (χ1v) is 10.4. The van der Waals surface area contributed by atoms with Gasteiger partial charge in [0.25, 0.3) is 5.91 Å². The van der Waals surface area contributed by atoms with Gasteiger partial charge in [-0.3, -0.25) is 14.5 Å². The number of carbonyl (C=O) groups is 3. The molecule has 1 aromatic carbocycles. The Balaban J connectivity index is 1.76. The molecule has 2 heterocycles. The summed E-state index contributed by atoms with van der Waals surface area (Å²) in [6, 6.07) is 12.4. The number of imide groups is 1. The third-order valence-corrected chi connectivity index (χ3v) is 6.05. The Morgan fingerprint density at radius 1 is 1.21 bits per heavy atom. The molecular weight excluding hydrogens is 374 g/mol. The minimum absolute atomic E-state index is 0.174. The minimum atomic E-state index is -1.10. The summed E-state index contributed by atoms with van der Waals surface area (Å²) < 4.78 is 0. The molecule has 0 saturated carbocycles. The monoisotopic (exact) mass is 399 g/mol. The number of hydrogen-bond acceptors (Lipinski definition) is 4. The van der Waals surface area contributed by atoms with Crippen LogP contribution in [0.15, 0.2) is 47.8 Å². The number of amides is 4. The summed E-state index contributed by atoms with van der Waals surface area (Å²) in [5.41, 5.74) is -0.356. The molecule has 1 saturated heterocycles. The average molecular weight is 400 g/mol. The van der Waals surface area contributed by atoms with E-state index in [1.807, 2.05) is 61.7 Å². The lowest BCUT2D eigenvalue weighted by Gasteiger charge is -2.27. The van der Waals surface area contributed by atoms with Gasteiger partial charge in [0.05, 0.1) is 6.04 Å². The van der Waals surface area contributed by atoms with Crippen LogP contribution in [-0.2, 0) is 15.1 Å². The SMILES string of the molecule is CCCCC1(c2ccccc2)NC(=O)N(CC(=O)NC(C)c2cccs2)C1=O. The number of carbonyl (C=O) groups excluding carboxylic acids is 3. The molecule has 4 amide bonds. The summed E-state index contributed by atoms with van der Waals surface area (Å²) >= 11 is 1.55. The van der Waals surface area contributed by atoms with Gasteiger partial charge in [0.2, 0.25) is 5.91 Å². The highest BCUT2D eigenvalue weighted by Gasteiger charge is 2.52. The van der Waals surface area contributed by atoms with E-state index in [0.717, 1.165) is 28.2 Å². The van der Waals surface area contributed by atoms with Crippen molar-refractivity contribution in [1.29, 1.82) is 0 Å². The van der Waals surface area contributed by atoms with E-state index in [-0.39, 0.29) is 24.4 Å². The van der Waals surface area contributed by atoms with Crippen LogP contribution in [0.5, 0.6) is 0 Å². The molecule has 2 aromatic rings. The Hall–Kier alpha value is -2.67. The number of rotatable bonds is 8. The molecule has 28 heavy (non-hydrogen) atoms. The van der Waals surface area contributed by atoms with Gasteiger partial charge in [0.15, 0.2) is 0 Å². The fourth-order valence-corrected chi connectivity index (χ4v) is 4.22. The Bertz CT molecular complexity index is 838. The zero-order valence-corrected chi connectivity index (χ0v) is 16.9. The van der Waals surface area contributed by atoms with Crippen LogP contribution < -0.4 is 10.6 Å². The number of thiophene rings is 1. The van der Waals surface area contributed by atoms with Crippen molar-refractivity contribution in [3.8, 4) is 0 Å². The van der Waals surface area contributed by atoms with Crippen molar-refractivity contribution in [3.63, 3.8) is 0 Å². The molecule has 7 heteroatoms. The molecule has 3 rings (SSSR count). The van der Waals surface area contributed by atoms with E-state index >= 15 is 0 Å². The number of nitrogens with zero attached hydrogens (tertiary/aromatic N) is 1. The zero-order chi connectivity index (χ0) is 20.1. The maximum Gasteiger partial charge on any atom is 0.325 e. The van der Waals surface area contributed by atoms with Gasteiger partial charge >= 0.3 is 6.03 Å². The van der Waals surface area contributed by atoms with E-state index in [1.165, 1.54) is 0 Å². The molecule has 1 fully saturated rings. The lowest BCUT2D eigenvalue weighted by Crippen LogP contribution is -2.45. The lowest BCUT2D eigenvalue weighted by molar-refractivity contribution is -0.135. The topological polar surface area (TPSA) is 78.5 Å². The summed E-state index contributed by atoms with van der Waals surface area (Å²) in [5, 5.41) is 7.66. The highest BCUT2D eigenvalue weighted by atomic mass is 32.1. The first-order valence-electron chi connectivity index (χ1n) is 9.50. The van der Waals surface area contributed by atoms with Gasteiger partial charge in [0, 0.05) is 4.88 Å². The van der Waals surface area contributed by atoms with Crippen LogP contribution in [0.25, 0.3) is 0 Å². The van der Waals surface area contributed by atoms with E-state index in [2.05, 4.69) is 10.6 Å². The van der Waals surface area contributed by atoms with E-state index in [1.54, 1.807) is 11.3 Å². The molecule has 1 aromatic heterocycles. The fourth-order valence-electron chi connectivity index (χ4n) is 3.48. The van der Waals surface area contributed by atoms with Crippen LogP contribution >= 0.6 is 11.3 Å². The minimum Gasteiger partial charge on any atom is -0.347 e. The second kappa shape index (κ2) is 8.56. The molecule has 1 aliphatic rings. The Morgan fingerprint density at radius 3 is 2.61 bits per heavy atom. The van der Waals surface area contributed by atoms with E-state index in [0.29, 0.717) is 6.42 Å². The molecule has 148 valence electrons. The lowest BCUT2D eigenvalue weighted by atomic mass is 9.85. The second-order valence-electron chi connectivity index (χ2n) is 7.00. The summed E-state index contributed by atoms with van der Waals surface area (Å²) in [4.78, 5) is 40.4. The number of hydrogen-bond donors (Lipinski definition) is 2. The van der Waals surface area contributed by atoms with Crippen LogP contribution in [0.1, 0.15) is 49.6 Å². The summed E-state index contributed by atoms with van der Waals surface area (Å²) in [6.07, 6.45) is 2.19. The number of benzene rings is 1. The average Bonchev–Trinajstić information content (AvgIpc) is 3.31. The number of unbranched alkanes of at least 4 members (excludes halogenated alkanes) is 1. The standard InChI is InChI=1S/C21H25N3O3S/c1-3-4-12-21(16-9-6-5-7-10-16)19(26)24(20(27)23-21)14-18(25)22-15(2)17-11-8-13-28-17/h5-11,13,15H,3-4,12,14H2,1-2H3,(H,22,25)(H,23,27). The summed E-state index contributed by atoms with van der Waals surface area (Å²) in [7, 11) is 0. The van der Waals surface area contributed by atoms with Gasteiger partial charge < -0.3 is 10.6 Å². The Morgan fingerprint density at radius 2 is 1.96 bits per heavy atom. The van der Waals surface area contributed by atoms with Gasteiger partial charge in [-0.25, -0.2) is 4.79 Å². The van der Waals surface area contributed by atoms with Gasteiger partial charge in [-0.05, 0) is 30.4 Å². The van der Waals surface area contributed by atoms with Crippen molar-refractivity contribution in [2.75, 3.05) is 6.54 Å². The van der Waals surface area contributed by atoms with Gasteiger partial charge in [-0.1, -0.05) is 56.2 Å². The molecule has 1 aliphatic heterocycles. The van der Waals surface area contributed by atoms with Crippen LogP contribution in [0, 0.1) is 0 Å². The second-order valence-corrected chi connectivity index (χ2v) is 7.98. The summed E-state index contributed by atoms with van der Waals surface area (Å²) in [5.74, 6) is -0.722. The molecule has 0 bridgehead atoms. The number of urea groups is 1. The molecule has 0 radical (unpaired) electrons. The van der Waals surface area contributed by atoms with Gasteiger partial charge in [0.1, 0.15) is 12.1 Å². The largest absolute Gasteiger partial charge is 0.347 e. The molecule has 0 aliphatic carbocycles. The van der Waals surface area contributed by atoms with Crippen molar-refractivity contribution in [2.24, 2.45) is 0 Å². The molecule has 6 nitrogen and oxygen atoms in total. The van der Waals surface area contributed by atoms with Crippen LogP contribution in [0.3, 0.4) is 0 Å². The van der Waals surface area contributed by atoms with E-state index in [9.17, 15) is 14.4 Å². The predicted octanol–water partition coefficient (Wildman–Crippen LogP) is 3.56. The molecule has 0 spiro atoms. The maximum atomic E-state index is 13.3. The number of nitrogens with one attached hydrogen (secondary N) is 2. The maximum absolute atomic E-state index is 13.3. The first kappa shape index (κ1) is 20.1. The van der Waals surface area contributed by atoms with Crippen molar-refractivity contribution in [2.45, 2.75) is 44.7 Å². The van der Waals surface area contributed by atoms with Crippen LogP contribution in [0.2, 0.25) is 0 Å². The Labute approximate surface area is 168 Å². The molecule has 2 N–H and O–H groups in total. The van der Waals surface area contributed by atoms with Crippen LogP contribution in [-0.4, -0.2) is 29.3 Å². The predicted molar refractivity (Wildman–Crippen MR) is 109 cm³/mol. The molecule has 2 atom stereocenters. The third kappa shape index (κ3) is 3.94. The van der Waals surface area contributed by atoms with Crippen molar-refractivity contribution >= 4 is 29.2 Å². The van der Waals surface area contributed by atoms with E-state index < -0.39 is 11.6 Å². The smallest absolute Gasteiger partial charge is 0.325 e. The molecule has 2 unspecified atom stereocenters. The van der Waals surface area contributed by atoms with Crippen molar-refractivity contribution in [3.05, 3.63) is 58.3 Å². The molecular formula is C21H25N3O3S. The summed E-state index contributed by atoms with van der Waals surface area (Å²) in [6.45, 7) is 3.63. The highest BCUT2D eigenvalue weighted by molar-refractivity contribution is 7.10. The van der Waals surface area contributed by atoms with Crippen LogP contribution in [0.4, 0.5) is 4.79 Å². The normalized spacial score (nSPS) is 20.1. The first-order chi connectivity index (χ1) is 13.5. The van der Waals surface area contributed by atoms with Crippen molar-refractivity contribution < 1.29 is 14.4 Å². The fraction of sp³-hybridized carbons (Fsp3) is 0.381. The van der Waals surface area contributed by atoms with Gasteiger partial charge in [-0.15, -0.1) is 11.3 Å².